The van der Waals surface area contributed by atoms with Crippen molar-refractivity contribution in [1.29, 1.82) is 0 Å². The van der Waals surface area contributed by atoms with E-state index in [0.29, 0.717) is 5.92 Å². The first kappa shape index (κ1) is 17.2. The average molecular weight is 321 g/mol. The molecule has 22 heavy (non-hydrogen) atoms. The average Bonchev–Trinajstić information content (AvgIpc) is 2.50. The van der Waals surface area contributed by atoms with Crippen molar-refractivity contribution < 1.29 is 4.79 Å². The molecule has 1 heterocycles. The van der Waals surface area contributed by atoms with Crippen molar-refractivity contribution in [2.24, 2.45) is 5.92 Å². The summed E-state index contributed by atoms with van der Waals surface area (Å²) in [6.45, 7) is 9.38. The fourth-order valence-corrected chi connectivity index (χ4v) is 3.29. The molecule has 2 amide bonds. The van der Waals surface area contributed by atoms with Gasteiger partial charge in [0.05, 0.1) is 0 Å². The Bertz CT molecular complexity index is 487. The standard InChI is InChI=1S/C17H27N3OS/c1-13(2)14(3)18-17(21)19-16-7-5-4-6-15(16)12-20-8-10-22-11-9-20/h4-7,13-14H,8-12H2,1-3H3,(H2,18,19,21)/t14-/m0/s1. The van der Waals surface area contributed by atoms with Gasteiger partial charge in [-0.25, -0.2) is 4.79 Å². The minimum absolute atomic E-state index is 0.122. The molecule has 1 fully saturated rings. The largest absolute Gasteiger partial charge is 0.335 e. The number of urea groups is 1. The molecule has 1 aromatic carbocycles. The lowest BCUT2D eigenvalue weighted by molar-refractivity contribution is 0.246. The Balaban J connectivity index is 1.96. The molecule has 0 bridgehead atoms. The van der Waals surface area contributed by atoms with E-state index < -0.39 is 0 Å². The Morgan fingerprint density at radius 3 is 2.59 bits per heavy atom. The van der Waals surface area contributed by atoms with Crippen LogP contribution in [0.2, 0.25) is 0 Å². The van der Waals surface area contributed by atoms with E-state index in [9.17, 15) is 4.79 Å². The molecule has 2 N–H and O–H groups in total. The zero-order valence-corrected chi connectivity index (χ0v) is 14.6. The minimum atomic E-state index is -0.122. The van der Waals surface area contributed by atoms with E-state index in [1.165, 1.54) is 17.1 Å². The Hall–Kier alpha value is -1.20. The van der Waals surface area contributed by atoms with Crippen LogP contribution in [0, 0.1) is 5.92 Å². The molecule has 5 heteroatoms. The molecule has 1 aliphatic heterocycles. The van der Waals surface area contributed by atoms with E-state index >= 15 is 0 Å². The summed E-state index contributed by atoms with van der Waals surface area (Å²) < 4.78 is 0. The summed E-state index contributed by atoms with van der Waals surface area (Å²) in [4.78, 5) is 14.6. The van der Waals surface area contributed by atoms with Gasteiger partial charge >= 0.3 is 6.03 Å². The quantitative estimate of drug-likeness (QED) is 0.873. The summed E-state index contributed by atoms with van der Waals surface area (Å²) in [7, 11) is 0. The molecule has 122 valence electrons. The van der Waals surface area contributed by atoms with E-state index in [-0.39, 0.29) is 12.1 Å². The molecule has 2 rings (SSSR count). The maximum atomic E-state index is 12.1. The molecule has 0 radical (unpaired) electrons. The van der Waals surface area contributed by atoms with Crippen LogP contribution >= 0.6 is 11.8 Å². The molecule has 0 unspecified atom stereocenters. The third-order valence-corrected chi connectivity index (χ3v) is 5.06. The van der Waals surface area contributed by atoms with Crippen molar-refractivity contribution in [3.05, 3.63) is 29.8 Å². The normalized spacial score (nSPS) is 17.3. The van der Waals surface area contributed by atoms with Gasteiger partial charge in [-0.3, -0.25) is 4.90 Å². The first-order valence-electron chi connectivity index (χ1n) is 8.02. The van der Waals surface area contributed by atoms with E-state index in [4.69, 9.17) is 0 Å². The van der Waals surface area contributed by atoms with Crippen LogP contribution in [0.1, 0.15) is 26.3 Å². The highest BCUT2D eigenvalue weighted by Gasteiger charge is 2.15. The summed E-state index contributed by atoms with van der Waals surface area (Å²) >= 11 is 2.01. The van der Waals surface area contributed by atoms with Crippen LogP contribution in [0.5, 0.6) is 0 Å². The second-order valence-electron chi connectivity index (χ2n) is 6.18. The number of rotatable bonds is 5. The fraction of sp³-hybridized carbons (Fsp3) is 0.588. The number of amides is 2. The Morgan fingerprint density at radius 1 is 1.23 bits per heavy atom. The van der Waals surface area contributed by atoms with Crippen LogP contribution < -0.4 is 10.6 Å². The van der Waals surface area contributed by atoms with Crippen molar-refractivity contribution in [2.45, 2.75) is 33.4 Å². The van der Waals surface area contributed by atoms with Gasteiger partial charge in [-0.15, -0.1) is 0 Å². The van der Waals surface area contributed by atoms with Crippen molar-refractivity contribution in [3.8, 4) is 0 Å². The summed E-state index contributed by atoms with van der Waals surface area (Å²) in [5.74, 6) is 2.82. The molecular weight excluding hydrogens is 294 g/mol. The lowest BCUT2D eigenvalue weighted by atomic mass is 10.1. The van der Waals surface area contributed by atoms with Gasteiger partial charge < -0.3 is 10.6 Å². The lowest BCUT2D eigenvalue weighted by Gasteiger charge is -2.27. The summed E-state index contributed by atoms with van der Waals surface area (Å²) in [5.41, 5.74) is 2.09. The second kappa shape index (κ2) is 8.44. The van der Waals surface area contributed by atoms with Gasteiger partial charge in [-0.05, 0) is 24.5 Å². The van der Waals surface area contributed by atoms with Crippen LogP contribution in [0.3, 0.4) is 0 Å². The molecule has 0 saturated carbocycles. The highest BCUT2D eigenvalue weighted by Crippen LogP contribution is 2.19. The van der Waals surface area contributed by atoms with Crippen LogP contribution in [-0.2, 0) is 6.54 Å². The predicted octanol–water partition coefficient (Wildman–Crippen LogP) is 3.40. The van der Waals surface area contributed by atoms with Gasteiger partial charge in [0, 0.05) is 42.9 Å². The number of para-hydroxylation sites is 1. The lowest BCUT2D eigenvalue weighted by Crippen LogP contribution is -2.39. The topological polar surface area (TPSA) is 44.4 Å². The van der Waals surface area contributed by atoms with Gasteiger partial charge in [0.2, 0.25) is 0 Å². The zero-order chi connectivity index (χ0) is 15.9. The second-order valence-corrected chi connectivity index (χ2v) is 7.40. The number of carbonyl (C=O) groups excluding carboxylic acids is 1. The number of nitrogens with one attached hydrogen (secondary N) is 2. The zero-order valence-electron chi connectivity index (χ0n) is 13.8. The van der Waals surface area contributed by atoms with Crippen LogP contribution in [0.25, 0.3) is 0 Å². The Labute approximate surface area is 138 Å². The molecule has 1 atom stereocenters. The van der Waals surface area contributed by atoms with E-state index in [1.54, 1.807) is 0 Å². The monoisotopic (exact) mass is 321 g/mol. The third-order valence-electron chi connectivity index (χ3n) is 4.12. The van der Waals surface area contributed by atoms with Crippen LogP contribution in [0.4, 0.5) is 10.5 Å². The number of hydrogen-bond acceptors (Lipinski definition) is 3. The maximum absolute atomic E-state index is 12.1. The van der Waals surface area contributed by atoms with Gasteiger partial charge in [-0.1, -0.05) is 32.0 Å². The number of hydrogen-bond donors (Lipinski definition) is 2. The molecular formula is C17H27N3OS. The molecule has 1 saturated heterocycles. The van der Waals surface area contributed by atoms with Crippen molar-refractivity contribution >= 4 is 23.5 Å². The predicted molar refractivity (Wildman–Crippen MR) is 95.5 cm³/mol. The van der Waals surface area contributed by atoms with Crippen molar-refractivity contribution in [1.82, 2.24) is 10.2 Å². The number of nitrogens with zero attached hydrogens (tertiary/aromatic N) is 1. The smallest absolute Gasteiger partial charge is 0.319 e. The van der Waals surface area contributed by atoms with Gasteiger partial charge in [-0.2, -0.15) is 11.8 Å². The summed E-state index contributed by atoms with van der Waals surface area (Å²) in [6.07, 6.45) is 0. The fourth-order valence-electron chi connectivity index (χ4n) is 2.31. The molecule has 0 aromatic heterocycles. The van der Waals surface area contributed by atoms with E-state index in [2.05, 4.69) is 35.4 Å². The number of carbonyl (C=O) groups is 1. The summed E-state index contributed by atoms with van der Waals surface area (Å²) in [6, 6.07) is 8.12. The highest BCUT2D eigenvalue weighted by atomic mass is 32.2. The number of anilines is 1. The number of thioether (sulfide) groups is 1. The first-order valence-corrected chi connectivity index (χ1v) is 9.17. The van der Waals surface area contributed by atoms with Gasteiger partial charge in [0.1, 0.15) is 0 Å². The van der Waals surface area contributed by atoms with Gasteiger partial charge in [0.15, 0.2) is 0 Å². The van der Waals surface area contributed by atoms with E-state index in [0.717, 1.165) is 25.3 Å². The van der Waals surface area contributed by atoms with Crippen molar-refractivity contribution in [3.63, 3.8) is 0 Å². The van der Waals surface area contributed by atoms with Crippen LogP contribution in [0.15, 0.2) is 24.3 Å². The minimum Gasteiger partial charge on any atom is -0.335 e. The number of benzene rings is 1. The third kappa shape index (κ3) is 5.21. The van der Waals surface area contributed by atoms with Crippen LogP contribution in [-0.4, -0.2) is 41.6 Å². The molecule has 1 aliphatic rings. The molecule has 1 aromatic rings. The Kier molecular flexibility index (Phi) is 6.58. The molecule has 0 spiro atoms. The Morgan fingerprint density at radius 2 is 1.91 bits per heavy atom. The van der Waals surface area contributed by atoms with Gasteiger partial charge in [0.25, 0.3) is 0 Å². The molecule has 0 aliphatic carbocycles. The SMILES string of the molecule is CC(C)[C@H](C)NC(=O)Nc1ccccc1CN1CCSCC1. The molecule has 4 nitrogen and oxygen atoms in total. The summed E-state index contributed by atoms with van der Waals surface area (Å²) in [5, 5.41) is 6.00. The maximum Gasteiger partial charge on any atom is 0.319 e. The van der Waals surface area contributed by atoms with E-state index in [1.807, 2.05) is 36.9 Å². The first-order chi connectivity index (χ1) is 10.6. The highest BCUT2D eigenvalue weighted by molar-refractivity contribution is 7.99. The van der Waals surface area contributed by atoms with Crippen molar-refractivity contribution in [2.75, 3.05) is 29.9 Å².